The van der Waals surface area contributed by atoms with E-state index in [1.54, 1.807) is 9.80 Å². The van der Waals surface area contributed by atoms with E-state index in [4.69, 9.17) is 0 Å². The molecule has 9 heteroatoms. The van der Waals surface area contributed by atoms with E-state index in [1.807, 2.05) is 36.1 Å². The van der Waals surface area contributed by atoms with E-state index in [2.05, 4.69) is 4.98 Å². The smallest absolute Gasteiger partial charge is 0.319 e. The second kappa shape index (κ2) is 8.51. The van der Waals surface area contributed by atoms with E-state index in [0.29, 0.717) is 51.5 Å². The Balaban J connectivity index is 1.32. The van der Waals surface area contributed by atoms with E-state index >= 15 is 0 Å². The van der Waals surface area contributed by atoms with Gasteiger partial charge in [-0.1, -0.05) is 17.7 Å². The average Bonchev–Trinajstić information content (AvgIpc) is 3.35. The molecule has 0 bridgehead atoms. The van der Waals surface area contributed by atoms with Gasteiger partial charge >= 0.3 is 6.55 Å². The zero-order valence-electron chi connectivity index (χ0n) is 16.9. The Hall–Kier alpha value is -2.81. The minimum absolute atomic E-state index is 0.136. The van der Waals surface area contributed by atoms with Gasteiger partial charge in [-0.25, -0.2) is 4.98 Å². The summed E-state index contributed by atoms with van der Waals surface area (Å²) in [6, 6.07) is 7.72. The van der Waals surface area contributed by atoms with Gasteiger partial charge in [0, 0.05) is 50.8 Å². The minimum atomic E-state index is -2.62. The molecule has 0 radical (unpaired) electrons. The standard InChI is InChI=1S/C21H25F2N5O2/c1-15-2-4-16(5-3-15)27-8-6-17(20(27)30)19(29)26-12-10-25(11-13-26)14-18-24-7-9-28(18)21(22)23/h2-5,7,9,17,21H,6,8,10-14H2,1H3. The number of nitrogens with zero attached hydrogens (tertiary/aromatic N) is 5. The number of hydrogen-bond acceptors (Lipinski definition) is 4. The van der Waals surface area contributed by atoms with E-state index in [-0.39, 0.29) is 11.8 Å². The third kappa shape index (κ3) is 4.07. The molecule has 2 aliphatic heterocycles. The maximum atomic E-state index is 13.0. The minimum Gasteiger partial charge on any atom is -0.339 e. The van der Waals surface area contributed by atoms with Crippen molar-refractivity contribution in [2.45, 2.75) is 26.4 Å². The quantitative estimate of drug-likeness (QED) is 0.701. The van der Waals surface area contributed by atoms with Crippen LogP contribution in [0, 0.1) is 12.8 Å². The van der Waals surface area contributed by atoms with Gasteiger partial charge in [0.25, 0.3) is 0 Å². The number of halogens is 2. The highest BCUT2D eigenvalue weighted by atomic mass is 19.3. The monoisotopic (exact) mass is 417 g/mol. The number of benzene rings is 1. The third-order valence-electron chi connectivity index (χ3n) is 5.86. The fourth-order valence-electron chi connectivity index (χ4n) is 4.08. The maximum Gasteiger partial charge on any atom is 0.319 e. The predicted octanol–water partition coefficient (Wildman–Crippen LogP) is 2.28. The summed E-state index contributed by atoms with van der Waals surface area (Å²) in [5, 5.41) is 0. The summed E-state index contributed by atoms with van der Waals surface area (Å²) >= 11 is 0. The fourth-order valence-corrected chi connectivity index (χ4v) is 4.08. The molecule has 0 aliphatic carbocycles. The molecule has 7 nitrogen and oxygen atoms in total. The molecule has 2 amide bonds. The molecule has 160 valence electrons. The summed E-state index contributed by atoms with van der Waals surface area (Å²) in [6.45, 7) is 2.29. The molecule has 0 saturated carbocycles. The maximum absolute atomic E-state index is 13.0. The number of rotatable bonds is 5. The molecule has 3 heterocycles. The number of amides is 2. The van der Waals surface area contributed by atoms with Crippen molar-refractivity contribution in [2.24, 2.45) is 5.92 Å². The number of hydrogen-bond donors (Lipinski definition) is 0. The highest BCUT2D eigenvalue weighted by molar-refractivity contribution is 6.09. The van der Waals surface area contributed by atoms with Crippen LogP contribution in [0.25, 0.3) is 0 Å². The molecule has 1 aromatic heterocycles. The Morgan fingerprint density at radius 3 is 2.50 bits per heavy atom. The van der Waals surface area contributed by atoms with Crippen molar-refractivity contribution in [3.8, 4) is 0 Å². The summed E-state index contributed by atoms with van der Waals surface area (Å²) in [5.41, 5.74) is 1.94. The normalized spacial score (nSPS) is 20.4. The first-order valence-corrected chi connectivity index (χ1v) is 10.1. The molecule has 1 aromatic carbocycles. The van der Waals surface area contributed by atoms with Crippen LogP contribution in [0.4, 0.5) is 14.5 Å². The van der Waals surface area contributed by atoms with E-state index in [0.717, 1.165) is 15.8 Å². The molecule has 30 heavy (non-hydrogen) atoms. The molecule has 1 unspecified atom stereocenters. The molecule has 2 fully saturated rings. The van der Waals surface area contributed by atoms with Crippen molar-refractivity contribution >= 4 is 17.5 Å². The molecule has 0 N–H and O–H groups in total. The lowest BCUT2D eigenvalue weighted by Crippen LogP contribution is -2.51. The van der Waals surface area contributed by atoms with Gasteiger partial charge in [-0.05, 0) is 25.5 Å². The van der Waals surface area contributed by atoms with E-state index in [9.17, 15) is 18.4 Å². The summed E-state index contributed by atoms with van der Waals surface area (Å²) < 4.78 is 26.8. The van der Waals surface area contributed by atoms with Gasteiger partial charge in [0.15, 0.2) is 0 Å². The van der Waals surface area contributed by atoms with Crippen molar-refractivity contribution in [2.75, 3.05) is 37.6 Å². The Bertz CT molecular complexity index is 906. The second-order valence-electron chi connectivity index (χ2n) is 7.80. The fraction of sp³-hybridized carbons (Fsp3) is 0.476. The number of piperazine rings is 1. The molecular weight excluding hydrogens is 392 g/mol. The lowest BCUT2D eigenvalue weighted by molar-refractivity contribution is -0.141. The zero-order valence-corrected chi connectivity index (χ0v) is 16.9. The highest BCUT2D eigenvalue weighted by Gasteiger charge is 2.40. The van der Waals surface area contributed by atoms with Gasteiger partial charge in [0.05, 0.1) is 6.54 Å². The third-order valence-corrected chi connectivity index (χ3v) is 5.86. The number of alkyl halides is 2. The van der Waals surface area contributed by atoms with Crippen molar-refractivity contribution in [3.63, 3.8) is 0 Å². The topological polar surface area (TPSA) is 61.7 Å². The van der Waals surface area contributed by atoms with Crippen LogP contribution in [-0.2, 0) is 16.1 Å². The number of imidazole rings is 1. The molecular formula is C21H25F2N5O2. The summed E-state index contributed by atoms with van der Waals surface area (Å²) in [7, 11) is 0. The molecule has 1 atom stereocenters. The largest absolute Gasteiger partial charge is 0.339 e. The van der Waals surface area contributed by atoms with Gasteiger partial charge in [-0.2, -0.15) is 8.78 Å². The van der Waals surface area contributed by atoms with Gasteiger partial charge in [-0.15, -0.1) is 0 Å². The first-order valence-electron chi connectivity index (χ1n) is 10.1. The van der Waals surface area contributed by atoms with Crippen LogP contribution >= 0.6 is 0 Å². The summed E-state index contributed by atoms with van der Waals surface area (Å²) in [6.07, 6.45) is 3.15. The number of aryl methyl sites for hydroxylation is 1. The number of carbonyl (C=O) groups excluding carboxylic acids is 2. The van der Waals surface area contributed by atoms with Crippen molar-refractivity contribution in [1.82, 2.24) is 19.4 Å². The second-order valence-corrected chi connectivity index (χ2v) is 7.80. The van der Waals surface area contributed by atoms with Crippen molar-refractivity contribution in [1.29, 1.82) is 0 Å². The Morgan fingerprint density at radius 1 is 1.13 bits per heavy atom. The molecule has 0 spiro atoms. The van der Waals surface area contributed by atoms with Gasteiger partial charge in [-0.3, -0.25) is 19.1 Å². The van der Waals surface area contributed by atoms with Crippen LogP contribution in [0.5, 0.6) is 0 Å². The van der Waals surface area contributed by atoms with Crippen LogP contribution < -0.4 is 4.90 Å². The Kier molecular flexibility index (Phi) is 5.80. The van der Waals surface area contributed by atoms with E-state index in [1.165, 1.54) is 12.4 Å². The van der Waals surface area contributed by atoms with Crippen LogP contribution in [-0.4, -0.2) is 63.9 Å². The van der Waals surface area contributed by atoms with Crippen LogP contribution in [0.15, 0.2) is 36.7 Å². The van der Waals surface area contributed by atoms with Crippen LogP contribution in [0.2, 0.25) is 0 Å². The number of anilines is 1. The molecule has 2 saturated heterocycles. The summed E-state index contributed by atoms with van der Waals surface area (Å²) in [4.78, 5) is 35.2. The highest BCUT2D eigenvalue weighted by Crippen LogP contribution is 2.27. The molecule has 4 rings (SSSR count). The zero-order chi connectivity index (χ0) is 21.3. The van der Waals surface area contributed by atoms with Gasteiger partial charge < -0.3 is 9.80 Å². The van der Waals surface area contributed by atoms with Crippen molar-refractivity contribution in [3.05, 3.63) is 48.0 Å². The number of aromatic nitrogens is 2. The van der Waals surface area contributed by atoms with Gasteiger partial charge in [0.2, 0.25) is 11.8 Å². The Morgan fingerprint density at radius 2 is 1.83 bits per heavy atom. The lowest BCUT2D eigenvalue weighted by atomic mass is 10.1. The lowest BCUT2D eigenvalue weighted by Gasteiger charge is -2.35. The SMILES string of the molecule is Cc1ccc(N2CCC(C(=O)N3CCN(Cc4nccn4C(F)F)CC3)C2=O)cc1. The van der Waals surface area contributed by atoms with Gasteiger partial charge in [0.1, 0.15) is 11.7 Å². The molecule has 2 aromatic rings. The molecule has 2 aliphatic rings. The first kappa shape index (κ1) is 20.5. The Labute approximate surface area is 173 Å². The average molecular weight is 417 g/mol. The van der Waals surface area contributed by atoms with E-state index < -0.39 is 12.5 Å². The summed E-state index contributed by atoms with van der Waals surface area (Å²) in [5.74, 6) is -0.617. The van der Waals surface area contributed by atoms with Crippen LogP contribution in [0.3, 0.4) is 0 Å². The van der Waals surface area contributed by atoms with Crippen molar-refractivity contribution < 1.29 is 18.4 Å². The predicted molar refractivity (Wildman–Crippen MR) is 107 cm³/mol. The number of carbonyl (C=O) groups is 2. The first-order chi connectivity index (χ1) is 14.4. The van der Waals surface area contributed by atoms with Crippen LogP contribution in [0.1, 0.15) is 24.4 Å².